The van der Waals surface area contributed by atoms with E-state index in [-0.39, 0.29) is 42.5 Å². The molecule has 9 heteroatoms. The summed E-state index contributed by atoms with van der Waals surface area (Å²) >= 11 is 0. The lowest BCUT2D eigenvalue weighted by Crippen LogP contribution is -2.43. The van der Waals surface area contributed by atoms with E-state index in [1.54, 1.807) is 28.3 Å². The number of nitrogens with one attached hydrogen (secondary N) is 2. The average Bonchev–Trinajstić information content (AvgIpc) is 2.63. The van der Waals surface area contributed by atoms with Gasteiger partial charge in [0.2, 0.25) is 5.91 Å². The van der Waals surface area contributed by atoms with Crippen LogP contribution in [0.3, 0.4) is 0 Å². The average molecular weight is 494 g/mol. The third-order valence-corrected chi connectivity index (χ3v) is 3.42. The normalized spacial score (nSPS) is 11.8. The Morgan fingerprint density at radius 1 is 1.19 bits per heavy atom. The molecule has 1 unspecified atom stereocenters. The van der Waals surface area contributed by atoms with Gasteiger partial charge in [0.05, 0.1) is 20.3 Å². The van der Waals surface area contributed by atoms with Gasteiger partial charge in [0.25, 0.3) is 0 Å². The van der Waals surface area contributed by atoms with Crippen LogP contribution < -0.4 is 20.1 Å². The predicted octanol–water partition coefficient (Wildman–Crippen LogP) is 1.35. The summed E-state index contributed by atoms with van der Waals surface area (Å²) in [6.45, 7) is 3.64. The van der Waals surface area contributed by atoms with Crippen molar-refractivity contribution in [3.63, 3.8) is 0 Å². The number of hydrogen-bond acceptors (Lipinski definition) is 5. The molecule has 0 spiro atoms. The Kier molecular flexibility index (Phi) is 13.4. The highest BCUT2D eigenvalue weighted by atomic mass is 127. The summed E-state index contributed by atoms with van der Waals surface area (Å²) in [4.78, 5) is 17.5. The minimum atomic E-state index is -0.134. The Bertz CT molecular complexity index is 584. The van der Waals surface area contributed by atoms with Crippen LogP contribution in [0.5, 0.6) is 11.5 Å². The third-order valence-electron chi connectivity index (χ3n) is 3.42. The molecule has 0 aliphatic heterocycles. The molecule has 0 aliphatic carbocycles. The zero-order valence-corrected chi connectivity index (χ0v) is 19.0. The molecular weight excluding hydrogens is 463 g/mol. The largest absolute Gasteiger partial charge is 0.493 e. The molecule has 8 nitrogen and oxygen atoms in total. The SMILES string of the molecule is COCCNC(=NCC(=O)N(C)C)NCC(C)Oc1ccccc1OC.I. The van der Waals surface area contributed by atoms with Crippen LogP contribution in [-0.2, 0) is 9.53 Å². The molecule has 27 heavy (non-hydrogen) atoms. The molecule has 0 fully saturated rings. The number of rotatable bonds is 10. The van der Waals surface area contributed by atoms with Crippen LogP contribution in [0.25, 0.3) is 0 Å². The van der Waals surface area contributed by atoms with Crippen LogP contribution in [-0.4, -0.2) is 77.4 Å². The second-order valence-electron chi connectivity index (χ2n) is 5.83. The van der Waals surface area contributed by atoms with Gasteiger partial charge in [-0.1, -0.05) is 12.1 Å². The molecule has 0 saturated carbocycles. The third kappa shape index (κ3) is 10.2. The number of hydrogen-bond donors (Lipinski definition) is 2. The maximum absolute atomic E-state index is 11.7. The van der Waals surface area contributed by atoms with E-state index in [1.165, 1.54) is 4.90 Å². The number of para-hydroxylation sites is 2. The van der Waals surface area contributed by atoms with E-state index >= 15 is 0 Å². The first-order chi connectivity index (χ1) is 12.5. The number of likely N-dealkylation sites (N-methyl/N-ethyl adjacent to an activating group) is 1. The van der Waals surface area contributed by atoms with E-state index in [4.69, 9.17) is 14.2 Å². The fraction of sp³-hybridized carbons (Fsp3) is 0.556. The number of nitrogens with zero attached hydrogens (tertiary/aromatic N) is 2. The summed E-state index contributed by atoms with van der Waals surface area (Å²) < 4.78 is 16.2. The Balaban J connectivity index is 0.00000676. The van der Waals surface area contributed by atoms with Crippen molar-refractivity contribution in [1.29, 1.82) is 0 Å². The highest BCUT2D eigenvalue weighted by Crippen LogP contribution is 2.26. The summed E-state index contributed by atoms with van der Waals surface area (Å²) in [5.41, 5.74) is 0. The minimum Gasteiger partial charge on any atom is -0.493 e. The van der Waals surface area contributed by atoms with Gasteiger partial charge in [0, 0.05) is 27.7 Å². The first kappa shape index (κ1) is 25.2. The van der Waals surface area contributed by atoms with Crippen LogP contribution in [0.2, 0.25) is 0 Å². The Morgan fingerprint density at radius 3 is 2.44 bits per heavy atom. The fourth-order valence-corrected chi connectivity index (χ4v) is 1.95. The van der Waals surface area contributed by atoms with Gasteiger partial charge < -0.3 is 29.7 Å². The second-order valence-corrected chi connectivity index (χ2v) is 5.83. The van der Waals surface area contributed by atoms with Gasteiger partial charge in [-0.25, -0.2) is 4.99 Å². The van der Waals surface area contributed by atoms with Crippen molar-refractivity contribution >= 4 is 35.8 Å². The van der Waals surface area contributed by atoms with Crippen LogP contribution in [0.4, 0.5) is 0 Å². The standard InChI is InChI=1S/C18H30N4O4.HI/c1-14(26-16-9-7-6-8-15(16)25-5)12-20-18(19-10-11-24-4)21-13-17(23)22(2)3;/h6-9,14H,10-13H2,1-5H3,(H2,19,20,21);1H. The van der Waals surface area contributed by atoms with Crippen LogP contribution in [0.1, 0.15) is 6.92 Å². The molecule has 2 N–H and O–H groups in total. The molecule has 0 aromatic heterocycles. The van der Waals surface area contributed by atoms with E-state index in [0.717, 1.165) is 0 Å². The number of ether oxygens (including phenoxy) is 3. The van der Waals surface area contributed by atoms with Gasteiger partial charge in [-0.2, -0.15) is 0 Å². The van der Waals surface area contributed by atoms with Crippen LogP contribution in [0.15, 0.2) is 29.3 Å². The van der Waals surface area contributed by atoms with Crippen molar-refractivity contribution < 1.29 is 19.0 Å². The molecule has 0 aliphatic rings. The lowest BCUT2D eigenvalue weighted by atomic mass is 10.3. The molecule has 1 amide bonds. The van der Waals surface area contributed by atoms with Gasteiger partial charge >= 0.3 is 0 Å². The Morgan fingerprint density at radius 2 is 1.85 bits per heavy atom. The number of methoxy groups -OCH3 is 2. The van der Waals surface area contributed by atoms with Gasteiger partial charge in [-0.15, -0.1) is 24.0 Å². The van der Waals surface area contributed by atoms with Crippen molar-refractivity contribution in [2.45, 2.75) is 13.0 Å². The number of amides is 1. The topological polar surface area (TPSA) is 84.4 Å². The fourth-order valence-electron chi connectivity index (χ4n) is 1.95. The number of carbonyl (C=O) groups is 1. The van der Waals surface area contributed by atoms with Gasteiger partial charge in [-0.05, 0) is 19.1 Å². The molecule has 1 atom stereocenters. The number of guanidine groups is 1. The monoisotopic (exact) mass is 494 g/mol. The summed E-state index contributed by atoms with van der Waals surface area (Å²) in [6, 6.07) is 7.49. The highest BCUT2D eigenvalue weighted by molar-refractivity contribution is 14.0. The van der Waals surface area contributed by atoms with Crippen LogP contribution >= 0.6 is 24.0 Å². The van der Waals surface area contributed by atoms with E-state index in [2.05, 4.69) is 15.6 Å². The van der Waals surface area contributed by atoms with Crippen molar-refractivity contribution in [2.75, 3.05) is 54.6 Å². The predicted molar refractivity (Wildman–Crippen MR) is 117 cm³/mol. The van der Waals surface area contributed by atoms with E-state index in [0.29, 0.717) is 37.2 Å². The summed E-state index contributed by atoms with van der Waals surface area (Å²) in [7, 11) is 6.64. The van der Waals surface area contributed by atoms with Gasteiger partial charge in [0.1, 0.15) is 12.6 Å². The summed E-state index contributed by atoms with van der Waals surface area (Å²) in [5, 5.41) is 6.30. The smallest absolute Gasteiger partial charge is 0.243 e. The molecule has 0 saturated heterocycles. The van der Waals surface area contributed by atoms with Crippen molar-refractivity contribution in [3.8, 4) is 11.5 Å². The second kappa shape index (κ2) is 14.3. The molecular formula is C18H31IN4O4. The summed E-state index contributed by atoms with van der Waals surface area (Å²) in [6.07, 6.45) is -0.134. The number of carbonyl (C=O) groups excluding carboxylic acids is 1. The zero-order valence-electron chi connectivity index (χ0n) is 16.7. The first-order valence-electron chi connectivity index (χ1n) is 8.48. The molecule has 0 radical (unpaired) electrons. The molecule has 1 rings (SSSR count). The van der Waals surface area contributed by atoms with Crippen molar-refractivity contribution in [2.24, 2.45) is 4.99 Å². The number of aliphatic imine (C=N–C) groups is 1. The van der Waals surface area contributed by atoms with E-state index < -0.39 is 0 Å². The maximum atomic E-state index is 11.7. The molecule has 0 heterocycles. The Labute approximate surface area is 178 Å². The van der Waals surface area contributed by atoms with Crippen molar-refractivity contribution in [3.05, 3.63) is 24.3 Å². The maximum Gasteiger partial charge on any atom is 0.243 e. The lowest BCUT2D eigenvalue weighted by Gasteiger charge is -2.19. The minimum absolute atomic E-state index is 0. The zero-order chi connectivity index (χ0) is 19.4. The van der Waals surface area contributed by atoms with Gasteiger partial charge in [0.15, 0.2) is 17.5 Å². The van der Waals surface area contributed by atoms with Crippen molar-refractivity contribution in [1.82, 2.24) is 15.5 Å². The number of halogens is 1. The first-order valence-corrected chi connectivity index (χ1v) is 8.48. The van der Waals surface area contributed by atoms with E-state index in [9.17, 15) is 4.79 Å². The molecule has 1 aromatic carbocycles. The van der Waals surface area contributed by atoms with E-state index in [1.807, 2.05) is 31.2 Å². The molecule has 154 valence electrons. The Hall–Kier alpha value is -1.75. The molecule has 1 aromatic rings. The molecule has 0 bridgehead atoms. The highest BCUT2D eigenvalue weighted by Gasteiger charge is 2.10. The van der Waals surface area contributed by atoms with Crippen LogP contribution in [0, 0.1) is 0 Å². The summed E-state index contributed by atoms with van der Waals surface area (Å²) in [5.74, 6) is 1.82. The quantitative estimate of drug-likeness (QED) is 0.221. The number of benzene rings is 1. The van der Waals surface area contributed by atoms with Gasteiger partial charge in [-0.3, -0.25) is 4.79 Å². The lowest BCUT2D eigenvalue weighted by molar-refractivity contribution is -0.127.